The van der Waals surface area contributed by atoms with Crippen LogP contribution in [0.2, 0.25) is 10.0 Å². The van der Waals surface area contributed by atoms with E-state index in [4.69, 9.17) is 29.0 Å². The maximum atomic E-state index is 13.2. The van der Waals surface area contributed by atoms with Crippen molar-refractivity contribution in [2.24, 2.45) is 0 Å². The van der Waals surface area contributed by atoms with Crippen LogP contribution in [-0.4, -0.2) is 38.5 Å². The van der Waals surface area contributed by atoms with Gasteiger partial charge in [0.15, 0.2) is 5.82 Å². The van der Waals surface area contributed by atoms with E-state index in [2.05, 4.69) is 10.2 Å². The number of thioether (sulfide) groups is 1. The van der Waals surface area contributed by atoms with Crippen molar-refractivity contribution in [3.05, 3.63) is 100 Å². The molecule has 0 fully saturated rings. The van der Waals surface area contributed by atoms with Gasteiger partial charge in [0, 0.05) is 17.6 Å². The second-order valence-electron chi connectivity index (χ2n) is 7.32. The fourth-order valence-corrected chi connectivity index (χ4v) is 4.79. The first kappa shape index (κ1) is 23.2. The first-order chi connectivity index (χ1) is 16.0. The third-order valence-electron chi connectivity index (χ3n) is 5.17. The monoisotopic (exact) mass is 497 g/mol. The number of nitrogens with two attached hydrogens (primary N) is 1. The van der Waals surface area contributed by atoms with Crippen LogP contribution < -0.4 is 5.84 Å². The summed E-state index contributed by atoms with van der Waals surface area (Å²) in [7, 11) is 1.81. The Morgan fingerprint density at radius 2 is 1.61 bits per heavy atom. The molecule has 1 amide bonds. The lowest BCUT2D eigenvalue weighted by Gasteiger charge is -2.29. The molecule has 3 aromatic carbocycles. The molecule has 6 nitrogen and oxygen atoms in total. The molecule has 0 aliphatic heterocycles. The molecule has 1 aromatic heterocycles. The lowest BCUT2D eigenvalue weighted by molar-refractivity contribution is -0.128. The van der Waals surface area contributed by atoms with Crippen LogP contribution in [0.3, 0.4) is 0 Å². The summed E-state index contributed by atoms with van der Waals surface area (Å²) < 4.78 is 1.33. The summed E-state index contributed by atoms with van der Waals surface area (Å²) in [4.78, 5) is 14.9. The first-order valence-electron chi connectivity index (χ1n) is 10.1. The molecule has 0 saturated carbocycles. The van der Waals surface area contributed by atoms with Gasteiger partial charge in [-0.05, 0) is 29.3 Å². The van der Waals surface area contributed by atoms with E-state index in [0.717, 1.165) is 11.1 Å². The molecule has 4 rings (SSSR count). The van der Waals surface area contributed by atoms with Gasteiger partial charge in [-0.3, -0.25) is 4.79 Å². The smallest absolute Gasteiger partial charge is 0.233 e. The van der Waals surface area contributed by atoms with Gasteiger partial charge in [-0.1, -0.05) is 95.6 Å². The fourth-order valence-electron chi connectivity index (χ4n) is 3.51. The van der Waals surface area contributed by atoms with Crippen LogP contribution in [0.25, 0.3) is 11.4 Å². The zero-order valence-electron chi connectivity index (χ0n) is 17.7. The second kappa shape index (κ2) is 10.3. The molecule has 0 radical (unpaired) electrons. The summed E-state index contributed by atoms with van der Waals surface area (Å²) >= 11 is 13.5. The molecule has 2 N–H and O–H groups in total. The minimum absolute atomic E-state index is 0.0632. The quantitative estimate of drug-likeness (QED) is 0.276. The summed E-state index contributed by atoms with van der Waals surface area (Å²) in [6.07, 6.45) is 0. The molecule has 33 heavy (non-hydrogen) atoms. The largest absolute Gasteiger partial charge is 0.335 e. The molecule has 9 heteroatoms. The SMILES string of the molecule is CN(C(=O)CSc1nnc(-c2ccc(Cl)cc2Cl)n1N)C(c1ccccc1)c1ccccc1. The normalized spacial score (nSPS) is 11.0. The average molecular weight is 498 g/mol. The number of rotatable bonds is 7. The fraction of sp³-hybridized carbons (Fsp3) is 0.125. The summed E-state index contributed by atoms with van der Waals surface area (Å²) in [5, 5.41) is 9.63. The number of halogens is 2. The Bertz CT molecular complexity index is 1210. The van der Waals surface area contributed by atoms with Crippen LogP contribution in [0.15, 0.2) is 84.0 Å². The minimum atomic E-state index is -0.209. The highest BCUT2D eigenvalue weighted by Gasteiger charge is 2.24. The Balaban J connectivity index is 1.52. The Morgan fingerprint density at radius 3 is 2.18 bits per heavy atom. The highest BCUT2D eigenvalue weighted by molar-refractivity contribution is 7.99. The van der Waals surface area contributed by atoms with Crippen molar-refractivity contribution >= 4 is 40.9 Å². The molecule has 0 spiro atoms. The number of aromatic nitrogens is 3. The van der Waals surface area contributed by atoms with Gasteiger partial charge >= 0.3 is 0 Å². The molecule has 1 heterocycles. The van der Waals surface area contributed by atoms with Crippen LogP contribution in [0.1, 0.15) is 17.2 Å². The number of carbonyl (C=O) groups excluding carboxylic acids is 1. The maximum Gasteiger partial charge on any atom is 0.233 e. The van der Waals surface area contributed by atoms with Crippen molar-refractivity contribution in [1.82, 2.24) is 19.8 Å². The van der Waals surface area contributed by atoms with Crippen molar-refractivity contribution in [2.75, 3.05) is 18.6 Å². The van der Waals surface area contributed by atoms with Gasteiger partial charge in [-0.2, -0.15) is 0 Å². The highest BCUT2D eigenvalue weighted by atomic mass is 35.5. The molecular weight excluding hydrogens is 477 g/mol. The van der Waals surface area contributed by atoms with E-state index in [1.54, 1.807) is 30.1 Å². The van der Waals surface area contributed by atoms with Crippen molar-refractivity contribution < 1.29 is 4.79 Å². The van der Waals surface area contributed by atoms with Crippen molar-refractivity contribution in [3.63, 3.8) is 0 Å². The van der Waals surface area contributed by atoms with E-state index in [0.29, 0.717) is 26.6 Å². The number of hydrogen-bond acceptors (Lipinski definition) is 5. The maximum absolute atomic E-state index is 13.2. The average Bonchev–Trinajstić information content (AvgIpc) is 3.19. The Labute approximate surface area is 206 Å². The summed E-state index contributed by atoms with van der Waals surface area (Å²) in [6, 6.07) is 24.7. The third kappa shape index (κ3) is 5.16. The van der Waals surface area contributed by atoms with Gasteiger partial charge in [0.25, 0.3) is 0 Å². The molecule has 0 saturated heterocycles. The number of nitrogen functional groups attached to an aromatic ring is 1. The van der Waals surface area contributed by atoms with Crippen LogP contribution >= 0.6 is 35.0 Å². The minimum Gasteiger partial charge on any atom is -0.335 e. The molecule has 0 bridgehead atoms. The Hall–Kier alpha value is -3.00. The lowest BCUT2D eigenvalue weighted by atomic mass is 9.97. The molecule has 168 valence electrons. The van der Waals surface area contributed by atoms with Crippen LogP contribution in [0, 0.1) is 0 Å². The Morgan fingerprint density at radius 1 is 1.00 bits per heavy atom. The second-order valence-corrected chi connectivity index (χ2v) is 9.10. The Kier molecular flexibility index (Phi) is 7.23. The predicted octanol–water partition coefficient (Wildman–Crippen LogP) is 5.31. The van der Waals surface area contributed by atoms with Crippen molar-refractivity contribution in [1.29, 1.82) is 0 Å². The molecule has 0 aliphatic rings. The highest BCUT2D eigenvalue weighted by Crippen LogP contribution is 2.31. The number of hydrogen-bond donors (Lipinski definition) is 1. The van der Waals surface area contributed by atoms with Gasteiger partial charge in [0.1, 0.15) is 0 Å². The van der Waals surface area contributed by atoms with Gasteiger partial charge in [-0.15, -0.1) is 10.2 Å². The lowest BCUT2D eigenvalue weighted by Crippen LogP contribution is -2.33. The van der Waals surface area contributed by atoms with E-state index in [1.807, 2.05) is 60.7 Å². The van der Waals surface area contributed by atoms with E-state index in [9.17, 15) is 4.79 Å². The summed E-state index contributed by atoms with van der Waals surface area (Å²) in [5.41, 5.74) is 2.68. The molecule has 4 aromatic rings. The van der Waals surface area contributed by atoms with Crippen LogP contribution in [0.4, 0.5) is 0 Å². The number of benzene rings is 3. The molecule has 0 unspecified atom stereocenters. The number of carbonyl (C=O) groups is 1. The predicted molar refractivity (Wildman–Crippen MR) is 134 cm³/mol. The number of amides is 1. The zero-order valence-corrected chi connectivity index (χ0v) is 20.1. The van der Waals surface area contributed by atoms with Crippen molar-refractivity contribution in [2.45, 2.75) is 11.2 Å². The summed E-state index contributed by atoms with van der Waals surface area (Å²) in [6.45, 7) is 0. The van der Waals surface area contributed by atoms with Gasteiger partial charge in [0.05, 0.1) is 16.8 Å². The van der Waals surface area contributed by atoms with E-state index in [1.165, 1.54) is 16.4 Å². The molecule has 0 atom stereocenters. The molecule has 0 aliphatic carbocycles. The van der Waals surface area contributed by atoms with Crippen molar-refractivity contribution in [3.8, 4) is 11.4 Å². The van der Waals surface area contributed by atoms with E-state index >= 15 is 0 Å². The van der Waals surface area contributed by atoms with E-state index < -0.39 is 0 Å². The van der Waals surface area contributed by atoms with E-state index in [-0.39, 0.29) is 17.7 Å². The molecular formula is C24H21Cl2N5OS. The van der Waals surface area contributed by atoms with Gasteiger partial charge < -0.3 is 10.7 Å². The van der Waals surface area contributed by atoms with Gasteiger partial charge in [-0.25, -0.2) is 4.68 Å². The summed E-state index contributed by atoms with van der Waals surface area (Å²) in [5.74, 6) is 6.68. The van der Waals surface area contributed by atoms with Crippen LogP contribution in [0.5, 0.6) is 0 Å². The number of nitrogens with zero attached hydrogens (tertiary/aromatic N) is 4. The standard InChI is InChI=1S/C24H21Cl2N5OS/c1-30(22(16-8-4-2-5-9-16)17-10-6-3-7-11-17)21(32)15-33-24-29-28-23(31(24)27)19-13-12-18(25)14-20(19)26/h2-14,22H,15,27H2,1H3. The topological polar surface area (TPSA) is 77.0 Å². The van der Waals surface area contributed by atoms with Gasteiger partial charge in [0.2, 0.25) is 11.1 Å². The first-order valence-corrected chi connectivity index (χ1v) is 11.8. The van der Waals surface area contributed by atoms with Crippen LogP contribution in [-0.2, 0) is 4.79 Å². The zero-order chi connectivity index (χ0) is 23.4. The third-order valence-corrected chi connectivity index (χ3v) is 6.65.